The molecule has 0 unspecified atom stereocenters. The number of benzene rings is 2. The van der Waals surface area contributed by atoms with Crippen LogP contribution in [0.1, 0.15) is 43.8 Å². The summed E-state index contributed by atoms with van der Waals surface area (Å²) in [7, 11) is 3.12. The molecule has 0 aliphatic rings. The molecular formula is C23H30N3O3+. The van der Waals surface area contributed by atoms with Crippen LogP contribution in [-0.4, -0.2) is 24.2 Å². The van der Waals surface area contributed by atoms with E-state index in [0.29, 0.717) is 40.7 Å². The average molecular weight is 397 g/mol. The molecule has 1 aromatic heterocycles. The number of aromatic nitrogens is 2. The van der Waals surface area contributed by atoms with Crippen LogP contribution >= 0.6 is 0 Å². The molecule has 0 radical (unpaired) electrons. The lowest BCUT2D eigenvalue weighted by Crippen LogP contribution is -2.85. The zero-order chi connectivity index (χ0) is 21.0. The Balaban J connectivity index is 1.86. The van der Waals surface area contributed by atoms with Gasteiger partial charge in [-0.25, -0.2) is 4.98 Å². The molecule has 1 atom stereocenters. The van der Waals surface area contributed by atoms with Gasteiger partial charge in [-0.05, 0) is 18.1 Å². The summed E-state index contributed by atoms with van der Waals surface area (Å²) in [6.45, 7) is 7.16. The molecular weight excluding hydrogens is 366 g/mol. The normalized spacial score (nSPS) is 12.3. The maximum atomic E-state index is 12.6. The molecule has 6 nitrogen and oxygen atoms in total. The first-order valence-corrected chi connectivity index (χ1v) is 10.0. The fourth-order valence-corrected chi connectivity index (χ4v) is 3.62. The number of H-pyrrole nitrogens is 1. The summed E-state index contributed by atoms with van der Waals surface area (Å²) in [6.07, 6.45) is 1.03. The molecule has 0 spiro atoms. The van der Waals surface area contributed by atoms with Gasteiger partial charge in [-0.15, -0.1) is 0 Å². The second-order valence-corrected chi connectivity index (χ2v) is 7.54. The van der Waals surface area contributed by atoms with Crippen LogP contribution in [0.4, 0.5) is 0 Å². The molecule has 0 aliphatic carbocycles. The van der Waals surface area contributed by atoms with E-state index in [1.807, 2.05) is 0 Å². The third kappa shape index (κ3) is 4.59. The molecule has 3 rings (SSSR count). The molecule has 0 bridgehead atoms. The first-order chi connectivity index (χ1) is 14.0. The third-order valence-electron chi connectivity index (χ3n) is 5.32. The van der Waals surface area contributed by atoms with Gasteiger partial charge < -0.3 is 19.8 Å². The number of aromatic amines is 1. The Hall–Kier alpha value is -2.86. The number of nitrogens with two attached hydrogens (primary N) is 1. The van der Waals surface area contributed by atoms with Crippen molar-refractivity contribution >= 4 is 10.9 Å². The Labute approximate surface area is 171 Å². The lowest BCUT2D eigenvalue weighted by molar-refractivity contribution is -0.718. The van der Waals surface area contributed by atoms with Gasteiger partial charge in [-0.2, -0.15) is 0 Å². The number of nitrogens with zero attached hydrogens (tertiary/aromatic N) is 1. The van der Waals surface area contributed by atoms with E-state index in [1.54, 1.807) is 26.4 Å². The summed E-state index contributed by atoms with van der Waals surface area (Å²) in [5.74, 6) is 2.16. The first-order valence-electron chi connectivity index (χ1n) is 10.0. The molecule has 0 saturated heterocycles. The Morgan fingerprint density at radius 1 is 1.07 bits per heavy atom. The van der Waals surface area contributed by atoms with Crippen molar-refractivity contribution in [3.8, 4) is 11.5 Å². The highest BCUT2D eigenvalue weighted by Gasteiger charge is 2.20. The predicted octanol–water partition coefficient (Wildman–Crippen LogP) is 2.96. The summed E-state index contributed by atoms with van der Waals surface area (Å²) >= 11 is 0. The summed E-state index contributed by atoms with van der Waals surface area (Å²) in [5.41, 5.74) is 3.05. The smallest absolute Gasteiger partial charge is 0.259 e. The lowest BCUT2D eigenvalue weighted by Gasteiger charge is -2.20. The minimum Gasteiger partial charge on any atom is -0.493 e. The molecule has 29 heavy (non-hydrogen) atoms. The number of hydrogen-bond acceptors (Lipinski definition) is 4. The molecule has 2 aromatic carbocycles. The average Bonchev–Trinajstić information content (AvgIpc) is 2.73. The molecule has 3 N–H and O–H groups in total. The lowest BCUT2D eigenvalue weighted by atomic mass is 9.95. The molecule has 0 saturated carbocycles. The maximum absolute atomic E-state index is 12.6. The molecule has 0 aliphatic heterocycles. The van der Waals surface area contributed by atoms with Gasteiger partial charge >= 0.3 is 0 Å². The quantitative estimate of drug-likeness (QED) is 0.613. The number of aryl methyl sites for hydroxylation is 1. The fraction of sp³-hybridized carbons (Fsp3) is 0.391. The van der Waals surface area contributed by atoms with Gasteiger partial charge in [0.15, 0.2) is 17.3 Å². The zero-order valence-corrected chi connectivity index (χ0v) is 17.8. The first kappa shape index (κ1) is 20.9. The number of rotatable bonds is 8. The highest BCUT2D eigenvalue weighted by Crippen LogP contribution is 2.29. The van der Waals surface area contributed by atoms with E-state index in [1.165, 1.54) is 11.1 Å². The number of quaternary nitrogens is 1. The van der Waals surface area contributed by atoms with E-state index >= 15 is 0 Å². The van der Waals surface area contributed by atoms with E-state index < -0.39 is 0 Å². The van der Waals surface area contributed by atoms with Crippen LogP contribution in [0.3, 0.4) is 0 Å². The van der Waals surface area contributed by atoms with Gasteiger partial charge in [0.2, 0.25) is 0 Å². The van der Waals surface area contributed by atoms with Crippen LogP contribution < -0.4 is 20.3 Å². The Morgan fingerprint density at radius 3 is 2.31 bits per heavy atom. The van der Waals surface area contributed by atoms with Crippen molar-refractivity contribution < 1.29 is 14.8 Å². The van der Waals surface area contributed by atoms with Gasteiger partial charge in [-0.1, -0.05) is 45.0 Å². The third-order valence-corrected chi connectivity index (χ3v) is 5.32. The van der Waals surface area contributed by atoms with Crippen LogP contribution in [0.5, 0.6) is 11.5 Å². The molecule has 6 heteroatoms. The van der Waals surface area contributed by atoms with E-state index in [4.69, 9.17) is 9.47 Å². The number of hydrogen-bond donors (Lipinski definition) is 2. The fourth-order valence-electron chi connectivity index (χ4n) is 3.62. The van der Waals surface area contributed by atoms with Gasteiger partial charge in [-0.3, -0.25) is 4.79 Å². The van der Waals surface area contributed by atoms with Crippen LogP contribution in [-0.2, 0) is 13.0 Å². The van der Waals surface area contributed by atoms with Crippen molar-refractivity contribution in [3.63, 3.8) is 0 Å². The molecule has 154 valence electrons. The Kier molecular flexibility index (Phi) is 6.54. The minimum absolute atomic E-state index is 0.173. The van der Waals surface area contributed by atoms with Gasteiger partial charge in [0.1, 0.15) is 12.6 Å². The van der Waals surface area contributed by atoms with Crippen LogP contribution in [0, 0.1) is 5.92 Å². The second kappa shape index (κ2) is 9.09. The number of nitrogens with one attached hydrogen (secondary N) is 1. The van der Waals surface area contributed by atoms with Crippen molar-refractivity contribution in [1.82, 2.24) is 9.97 Å². The van der Waals surface area contributed by atoms with Gasteiger partial charge in [0.05, 0.1) is 25.1 Å². The number of ether oxygens (including phenoxy) is 2. The highest BCUT2D eigenvalue weighted by molar-refractivity contribution is 5.81. The van der Waals surface area contributed by atoms with E-state index in [-0.39, 0.29) is 11.6 Å². The Bertz CT molecular complexity index is 1030. The zero-order valence-electron chi connectivity index (χ0n) is 17.8. The van der Waals surface area contributed by atoms with Crippen LogP contribution in [0.15, 0.2) is 41.2 Å². The van der Waals surface area contributed by atoms with Crippen molar-refractivity contribution in [2.24, 2.45) is 5.92 Å². The second-order valence-electron chi connectivity index (χ2n) is 7.54. The molecule has 0 amide bonds. The largest absolute Gasteiger partial charge is 0.493 e. The van der Waals surface area contributed by atoms with E-state index in [2.05, 4.69) is 60.3 Å². The summed E-state index contributed by atoms with van der Waals surface area (Å²) in [5, 5.41) is 2.72. The maximum Gasteiger partial charge on any atom is 0.259 e. The SMILES string of the molecule is CCc1ccc([C@H]([NH2+]Cc2nc3cc(OC)c(OC)cc3c(=O)[nH]2)C(C)C)cc1. The summed E-state index contributed by atoms with van der Waals surface area (Å²) in [4.78, 5) is 20.1. The number of methoxy groups -OCH3 is 2. The van der Waals surface area contributed by atoms with Crippen molar-refractivity contribution in [2.75, 3.05) is 14.2 Å². The predicted molar refractivity (Wildman–Crippen MR) is 114 cm³/mol. The van der Waals surface area contributed by atoms with Crippen molar-refractivity contribution in [2.45, 2.75) is 39.8 Å². The van der Waals surface area contributed by atoms with Gasteiger partial charge in [0, 0.05) is 17.5 Å². The van der Waals surface area contributed by atoms with Gasteiger partial charge in [0.25, 0.3) is 5.56 Å². The monoisotopic (exact) mass is 396 g/mol. The highest BCUT2D eigenvalue weighted by atomic mass is 16.5. The van der Waals surface area contributed by atoms with Crippen LogP contribution in [0.2, 0.25) is 0 Å². The van der Waals surface area contributed by atoms with Crippen molar-refractivity contribution in [3.05, 3.63) is 63.7 Å². The van der Waals surface area contributed by atoms with Crippen molar-refractivity contribution in [1.29, 1.82) is 0 Å². The van der Waals surface area contributed by atoms with Crippen LogP contribution in [0.25, 0.3) is 10.9 Å². The molecule has 1 heterocycles. The topological polar surface area (TPSA) is 80.8 Å². The standard InChI is InChI=1S/C23H29N3O3/c1-6-15-7-9-16(10-8-15)22(14(2)3)24-13-21-25-18-12-20(29-5)19(28-4)11-17(18)23(27)26-21/h7-12,14,22,24H,6,13H2,1-5H3,(H,25,26,27)/p+1/t22-/m1/s1. The molecule has 3 aromatic rings. The minimum atomic E-state index is -0.173. The molecule has 0 fully saturated rings. The van der Waals surface area contributed by atoms with E-state index in [0.717, 1.165) is 6.42 Å². The van der Waals surface area contributed by atoms with E-state index in [9.17, 15) is 4.79 Å². The number of fused-ring (bicyclic) bond motifs is 1. The Morgan fingerprint density at radius 2 is 1.72 bits per heavy atom. The summed E-state index contributed by atoms with van der Waals surface area (Å²) in [6, 6.07) is 12.5. The summed E-state index contributed by atoms with van der Waals surface area (Å²) < 4.78 is 10.6.